The highest BCUT2D eigenvalue weighted by Gasteiger charge is 2.16. The smallest absolute Gasteiger partial charge is 0.244 e. The number of benzene rings is 4. The molecule has 4 aromatic rings. The first-order chi connectivity index (χ1) is 16.5. The molecule has 0 aliphatic carbocycles. The molecular formula is C30H30N2O2. The van der Waals surface area contributed by atoms with Gasteiger partial charge in [0.2, 0.25) is 5.91 Å². The number of hydrogen-bond acceptors (Lipinski definition) is 3. The van der Waals surface area contributed by atoms with Crippen LogP contribution in [0.15, 0.2) is 114 Å². The van der Waals surface area contributed by atoms with Crippen LogP contribution in [0.2, 0.25) is 0 Å². The van der Waals surface area contributed by atoms with Gasteiger partial charge in [-0.15, -0.1) is 0 Å². The Kier molecular flexibility index (Phi) is 8.75. The average molecular weight is 451 g/mol. The number of methoxy groups -OCH3 is 1. The quantitative estimate of drug-likeness (QED) is 0.240. The zero-order valence-corrected chi connectivity index (χ0v) is 20.1. The van der Waals surface area contributed by atoms with Crippen molar-refractivity contribution in [1.82, 2.24) is 0 Å². The average Bonchev–Trinajstić information content (AvgIpc) is 2.88. The first kappa shape index (κ1) is 24.5. The number of para-hydroxylation sites is 1. The van der Waals surface area contributed by atoms with Gasteiger partial charge in [-0.3, -0.25) is 4.79 Å². The molecule has 0 atom stereocenters. The van der Waals surface area contributed by atoms with Crippen molar-refractivity contribution in [1.29, 1.82) is 0 Å². The summed E-state index contributed by atoms with van der Waals surface area (Å²) >= 11 is 0. The summed E-state index contributed by atoms with van der Waals surface area (Å²) in [5.41, 5.74) is 5.67. The second kappa shape index (κ2) is 12.2. The van der Waals surface area contributed by atoms with E-state index in [0.717, 1.165) is 33.8 Å². The van der Waals surface area contributed by atoms with E-state index in [1.165, 1.54) is 17.5 Å². The molecule has 0 heterocycles. The zero-order valence-electron chi connectivity index (χ0n) is 20.1. The summed E-state index contributed by atoms with van der Waals surface area (Å²) in [7, 11) is 1.64. The molecule has 0 saturated heterocycles. The lowest BCUT2D eigenvalue weighted by molar-refractivity contribution is -0.116. The maximum atomic E-state index is 12.4. The Balaban J connectivity index is 0.000000396. The third-order valence-corrected chi connectivity index (χ3v) is 5.19. The van der Waals surface area contributed by atoms with E-state index >= 15 is 0 Å². The molecule has 0 saturated carbocycles. The van der Waals surface area contributed by atoms with Crippen molar-refractivity contribution in [3.63, 3.8) is 0 Å². The molecule has 0 radical (unpaired) electrons. The Morgan fingerprint density at radius 1 is 0.765 bits per heavy atom. The Hall–Kier alpha value is -4.18. The minimum atomic E-state index is -0.152. The highest BCUT2D eigenvalue weighted by atomic mass is 16.5. The molecule has 4 heteroatoms. The van der Waals surface area contributed by atoms with Gasteiger partial charge in [0.15, 0.2) is 0 Å². The predicted molar refractivity (Wildman–Crippen MR) is 141 cm³/mol. The number of aryl methyl sites for hydroxylation is 1. The molecule has 0 aliphatic heterocycles. The number of carbonyl (C=O) groups is 1. The van der Waals surface area contributed by atoms with Gasteiger partial charge in [0.1, 0.15) is 5.75 Å². The van der Waals surface area contributed by atoms with Gasteiger partial charge in [0, 0.05) is 12.5 Å². The van der Waals surface area contributed by atoms with Crippen LogP contribution in [0.1, 0.15) is 25.0 Å². The highest BCUT2D eigenvalue weighted by molar-refractivity contribution is 6.03. The maximum Gasteiger partial charge on any atom is 0.244 e. The van der Waals surface area contributed by atoms with Gasteiger partial charge in [-0.2, -0.15) is 5.10 Å². The molecule has 0 aliphatic rings. The molecule has 1 amide bonds. The first-order valence-electron chi connectivity index (χ1n) is 11.2. The van der Waals surface area contributed by atoms with Crippen molar-refractivity contribution in [3.8, 4) is 16.9 Å². The van der Waals surface area contributed by atoms with Gasteiger partial charge >= 0.3 is 0 Å². The van der Waals surface area contributed by atoms with Crippen LogP contribution < -0.4 is 9.75 Å². The van der Waals surface area contributed by atoms with Crippen LogP contribution in [-0.4, -0.2) is 18.7 Å². The summed E-state index contributed by atoms with van der Waals surface area (Å²) in [5, 5.41) is 6.07. The van der Waals surface area contributed by atoms with Gasteiger partial charge < -0.3 is 4.74 Å². The molecule has 0 aromatic heterocycles. The van der Waals surface area contributed by atoms with E-state index in [0.29, 0.717) is 0 Å². The van der Waals surface area contributed by atoms with Crippen molar-refractivity contribution in [2.45, 2.75) is 20.8 Å². The Labute approximate surface area is 202 Å². The second-order valence-electron chi connectivity index (χ2n) is 7.79. The van der Waals surface area contributed by atoms with E-state index in [4.69, 9.17) is 4.74 Å². The number of hydrogen-bond donors (Lipinski definition) is 0. The fraction of sp³-hybridized carbons (Fsp3) is 0.133. The number of ether oxygens (including phenoxy) is 1. The van der Waals surface area contributed by atoms with E-state index in [9.17, 15) is 4.79 Å². The Morgan fingerprint density at radius 3 is 1.97 bits per heavy atom. The van der Waals surface area contributed by atoms with Gasteiger partial charge in [-0.25, -0.2) is 5.01 Å². The fourth-order valence-electron chi connectivity index (χ4n) is 3.41. The van der Waals surface area contributed by atoms with Gasteiger partial charge in [-0.1, -0.05) is 96.6 Å². The normalized spacial score (nSPS) is 10.6. The Bertz CT molecular complexity index is 1230. The molecule has 0 bridgehead atoms. The molecule has 34 heavy (non-hydrogen) atoms. The van der Waals surface area contributed by atoms with Crippen LogP contribution >= 0.6 is 0 Å². The topological polar surface area (TPSA) is 41.9 Å². The van der Waals surface area contributed by atoms with E-state index < -0.39 is 0 Å². The van der Waals surface area contributed by atoms with Crippen LogP contribution in [0, 0.1) is 6.92 Å². The monoisotopic (exact) mass is 450 g/mol. The van der Waals surface area contributed by atoms with Crippen LogP contribution in [0.5, 0.6) is 5.75 Å². The summed E-state index contributed by atoms with van der Waals surface area (Å²) < 4.78 is 5.34. The predicted octanol–water partition coefficient (Wildman–Crippen LogP) is 7.13. The SMILES string of the molecule is COc1cccc(-c2ccccc2N(/N=C(\C)c2ccccc2)C(C)=O)c1.Cc1ccccc1. The lowest BCUT2D eigenvalue weighted by atomic mass is 10.0. The number of hydrazone groups is 1. The lowest BCUT2D eigenvalue weighted by Crippen LogP contribution is -2.24. The van der Waals surface area contributed by atoms with Crippen molar-refractivity contribution in [2.24, 2.45) is 5.10 Å². The van der Waals surface area contributed by atoms with Gasteiger partial charge in [-0.05, 0) is 43.2 Å². The maximum absolute atomic E-state index is 12.4. The Morgan fingerprint density at radius 2 is 1.38 bits per heavy atom. The summed E-state index contributed by atoms with van der Waals surface area (Å²) in [4.78, 5) is 12.4. The molecule has 0 unspecified atom stereocenters. The van der Waals surface area contributed by atoms with E-state index in [1.807, 2.05) is 104 Å². The molecule has 4 rings (SSSR count). The summed E-state index contributed by atoms with van der Waals surface area (Å²) in [6.07, 6.45) is 0. The standard InChI is InChI=1S/C23H22N2O2.C7H8/c1-17(19-10-5-4-6-11-19)24-25(18(2)26)23-15-8-7-14-22(23)20-12-9-13-21(16-20)27-3;1-7-5-3-2-4-6-7/h4-16H,1-3H3;2-6H,1H3/b24-17+;. The van der Waals surface area contributed by atoms with Crippen LogP contribution in [0.25, 0.3) is 11.1 Å². The van der Waals surface area contributed by atoms with Crippen LogP contribution in [-0.2, 0) is 4.79 Å². The number of carbonyl (C=O) groups excluding carboxylic acids is 1. The minimum absolute atomic E-state index is 0.152. The van der Waals surface area contributed by atoms with Crippen LogP contribution in [0.3, 0.4) is 0 Å². The fourth-order valence-corrected chi connectivity index (χ4v) is 3.41. The van der Waals surface area contributed by atoms with E-state index in [-0.39, 0.29) is 5.91 Å². The number of rotatable bonds is 5. The number of nitrogens with zero attached hydrogens (tertiary/aromatic N) is 2. The zero-order chi connectivity index (χ0) is 24.3. The third-order valence-electron chi connectivity index (χ3n) is 5.19. The lowest BCUT2D eigenvalue weighted by Gasteiger charge is -2.20. The van der Waals surface area contributed by atoms with Gasteiger partial charge in [0.25, 0.3) is 0 Å². The van der Waals surface area contributed by atoms with Crippen molar-refractivity contribution >= 4 is 17.3 Å². The largest absolute Gasteiger partial charge is 0.497 e. The summed E-state index contributed by atoms with van der Waals surface area (Å²) in [6.45, 7) is 5.50. The first-order valence-corrected chi connectivity index (χ1v) is 11.2. The minimum Gasteiger partial charge on any atom is -0.497 e. The summed E-state index contributed by atoms with van der Waals surface area (Å²) in [6, 6.07) is 35.6. The molecule has 4 aromatic carbocycles. The molecule has 0 spiro atoms. The number of anilines is 1. The van der Waals surface area contributed by atoms with Crippen molar-refractivity contribution in [3.05, 3.63) is 120 Å². The molecule has 0 fully saturated rings. The molecule has 4 nitrogen and oxygen atoms in total. The molecule has 0 N–H and O–H groups in total. The summed E-state index contributed by atoms with van der Waals surface area (Å²) in [5.74, 6) is 0.612. The highest BCUT2D eigenvalue weighted by Crippen LogP contribution is 2.33. The number of amides is 1. The van der Waals surface area contributed by atoms with Gasteiger partial charge in [0.05, 0.1) is 18.5 Å². The van der Waals surface area contributed by atoms with Crippen molar-refractivity contribution in [2.75, 3.05) is 12.1 Å². The van der Waals surface area contributed by atoms with Crippen LogP contribution in [0.4, 0.5) is 5.69 Å². The third kappa shape index (κ3) is 6.66. The molecule has 172 valence electrons. The van der Waals surface area contributed by atoms with Crippen molar-refractivity contribution < 1.29 is 9.53 Å². The van der Waals surface area contributed by atoms with E-state index in [2.05, 4.69) is 24.2 Å². The molecular weight excluding hydrogens is 420 g/mol. The van der Waals surface area contributed by atoms with E-state index in [1.54, 1.807) is 7.11 Å². The second-order valence-corrected chi connectivity index (χ2v) is 7.79.